The van der Waals surface area contributed by atoms with E-state index in [1.165, 1.54) is 6.07 Å². The number of hydrogen-bond acceptors (Lipinski definition) is 5. The van der Waals surface area contributed by atoms with Crippen LogP contribution in [0.1, 0.15) is 29.4 Å². The molecule has 0 aliphatic carbocycles. The van der Waals surface area contributed by atoms with Crippen molar-refractivity contribution in [3.63, 3.8) is 0 Å². The van der Waals surface area contributed by atoms with Crippen molar-refractivity contribution in [3.8, 4) is 0 Å². The highest BCUT2D eigenvalue weighted by Gasteiger charge is 2.48. The van der Waals surface area contributed by atoms with Gasteiger partial charge in [0.1, 0.15) is 11.2 Å². The Labute approximate surface area is 161 Å². The molecule has 1 atom stereocenters. The van der Waals surface area contributed by atoms with Crippen molar-refractivity contribution < 1.29 is 23.9 Å². The fourth-order valence-corrected chi connectivity index (χ4v) is 2.82. The second-order valence-corrected chi connectivity index (χ2v) is 6.58. The van der Waals surface area contributed by atoms with Crippen LogP contribution < -0.4 is 10.7 Å². The van der Waals surface area contributed by atoms with Crippen LogP contribution in [0.5, 0.6) is 0 Å². The van der Waals surface area contributed by atoms with Gasteiger partial charge in [-0.1, -0.05) is 30.3 Å². The molecule has 9 nitrogen and oxygen atoms in total. The van der Waals surface area contributed by atoms with Crippen molar-refractivity contribution in [1.29, 1.82) is 0 Å². The molecule has 1 fully saturated rings. The number of carbonyl (C=O) groups is 4. The van der Waals surface area contributed by atoms with Crippen LogP contribution in [0.4, 0.5) is 4.79 Å². The van der Waals surface area contributed by atoms with E-state index in [1.807, 2.05) is 30.3 Å². The van der Waals surface area contributed by atoms with Crippen LogP contribution in [0.15, 0.2) is 48.7 Å². The van der Waals surface area contributed by atoms with Gasteiger partial charge in [-0.2, -0.15) is 5.01 Å². The van der Waals surface area contributed by atoms with Crippen LogP contribution >= 0.6 is 0 Å². The summed E-state index contributed by atoms with van der Waals surface area (Å²) in [6.07, 6.45) is 2.49. The first kappa shape index (κ1) is 19.2. The van der Waals surface area contributed by atoms with Crippen LogP contribution in [-0.2, 0) is 20.7 Å². The number of benzene rings is 1. The second-order valence-electron chi connectivity index (χ2n) is 6.58. The predicted molar refractivity (Wildman–Crippen MR) is 97.8 cm³/mol. The number of amides is 4. The summed E-state index contributed by atoms with van der Waals surface area (Å²) in [5.41, 5.74) is 2.26. The van der Waals surface area contributed by atoms with E-state index in [-0.39, 0.29) is 5.69 Å². The van der Waals surface area contributed by atoms with Gasteiger partial charge in [0, 0.05) is 6.20 Å². The summed E-state index contributed by atoms with van der Waals surface area (Å²) in [5.74, 6) is -2.08. The Kier molecular flexibility index (Phi) is 5.44. The van der Waals surface area contributed by atoms with Gasteiger partial charge in [0.2, 0.25) is 0 Å². The zero-order chi connectivity index (χ0) is 20.1. The number of H-pyrrole nitrogens is 1. The standard InChI is InChI=1S/C19H20N4O5/c1-19(10-9-13-6-3-2-4-7-13)17(26)23(18(27)21-19)22-15(24)12-28-16(25)14-8-5-11-20-14/h2-8,11,20H,9-10,12H2,1H3,(H,21,27)(H,22,24)/t19-/m1/s1. The lowest BCUT2D eigenvalue weighted by molar-refractivity contribution is -0.140. The molecule has 0 unspecified atom stereocenters. The van der Waals surface area contributed by atoms with E-state index in [9.17, 15) is 19.2 Å². The van der Waals surface area contributed by atoms with E-state index in [0.717, 1.165) is 5.56 Å². The highest BCUT2D eigenvalue weighted by Crippen LogP contribution is 2.22. The fraction of sp³-hybridized carbons (Fsp3) is 0.263. The number of aromatic nitrogens is 1. The van der Waals surface area contributed by atoms with E-state index in [0.29, 0.717) is 17.9 Å². The third-order valence-electron chi connectivity index (χ3n) is 4.41. The fourth-order valence-electron chi connectivity index (χ4n) is 2.82. The van der Waals surface area contributed by atoms with Gasteiger partial charge in [-0.3, -0.25) is 15.0 Å². The third-order valence-corrected chi connectivity index (χ3v) is 4.41. The van der Waals surface area contributed by atoms with Gasteiger partial charge in [-0.05, 0) is 37.5 Å². The average molecular weight is 384 g/mol. The van der Waals surface area contributed by atoms with Crippen molar-refractivity contribution >= 4 is 23.8 Å². The van der Waals surface area contributed by atoms with Crippen LogP contribution in [0.2, 0.25) is 0 Å². The largest absolute Gasteiger partial charge is 0.451 e. The number of esters is 1. The molecular weight excluding hydrogens is 364 g/mol. The summed E-state index contributed by atoms with van der Waals surface area (Å²) in [6, 6.07) is 11.9. The monoisotopic (exact) mass is 384 g/mol. The smallest absolute Gasteiger partial charge is 0.355 e. The van der Waals surface area contributed by atoms with E-state index in [1.54, 1.807) is 19.2 Å². The predicted octanol–water partition coefficient (Wildman–Crippen LogP) is 1.15. The number of rotatable bonds is 7. The van der Waals surface area contributed by atoms with Gasteiger partial charge in [-0.15, -0.1) is 0 Å². The van der Waals surface area contributed by atoms with Crippen molar-refractivity contribution in [1.82, 2.24) is 20.7 Å². The topological polar surface area (TPSA) is 121 Å². The Morgan fingerprint density at radius 2 is 1.89 bits per heavy atom. The van der Waals surface area contributed by atoms with Crippen LogP contribution in [-0.4, -0.2) is 46.0 Å². The Morgan fingerprint density at radius 1 is 1.14 bits per heavy atom. The first-order valence-corrected chi connectivity index (χ1v) is 8.70. The molecule has 4 amide bonds. The number of aromatic amines is 1. The van der Waals surface area contributed by atoms with E-state index in [4.69, 9.17) is 4.74 Å². The number of carbonyl (C=O) groups excluding carboxylic acids is 4. The van der Waals surface area contributed by atoms with E-state index in [2.05, 4.69) is 15.7 Å². The molecule has 1 aliphatic rings. The second kappa shape index (κ2) is 7.95. The van der Waals surface area contributed by atoms with Crippen LogP contribution in [0.3, 0.4) is 0 Å². The van der Waals surface area contributed by atoms with Crippen molar-refractivity contribution in [2.24, 2.45) is 0 Å². The number of aryl methyl sites for hydroxylation is 1. The molecule has 0 radical (unpaired) electrons. The van der Waals surface area contributed by atoms with Gasteiger partial charge in [0.05, 0.1) is 0 Å². The quantitative estimate of drug-likeness (QED) is 0.488. The minimum absolute atomic E-state index is 0.191. The summed E-state index contributed by atoms with van der Waals surface area (Å²) in [5, 5.41) is 3.22. The third kappa shape index (κ3) is 4.20. The number of imide groups is 1. The van der Waals surface area contributed by atoms with Gasteiger partial charge >= 0.3 is 12.0 Å². The van der Waals surface area contributed by atoms with E-state index < -0.39 is 36.0 Å². The van der Waals surface area contributed by atoms with Crippen molar-refractivity contribution in [2.45, 2.75) is 25.3 Å². The normalized spacial score (nSPS) is 18.7. The molecule has 1 aliphatic heterocycles. The number of ether oxygens (including phenoxy) is 1. The highest BCUT2D eigenvalue weighted by molar-refractivity contribution is 6.07. The number of hydrogen-bond donors (Lipinski definition) is 3. The molecule has 28 heavy (non-hydrogen) atoms. The molecule has 0 spiro atoms. The first-order chi connectivity index (χ1) is 13.4. The molecule has 2 heterocycles. The lowest BCUT2D eigenvalue weighted by Gasteiger charge is -2.21. The molecular formula is C19H20N4O5. The van der Waals surface area contributed by atoms with Gasteiger partial charge < -0.3 is 15.0 Å². The number of nitrogens with one attached hydrogen (secondary N) is 3. The lowest BCUT2D eigenvalue weighted by Crippen LogP contribution is -2.50. The Morgan fingerprint density at radius 3 is 2.57 bits per heavy atom. The first-order valence-electron chi connectivity index (χ1n) is 8.70. The molecule has 3 N–H and O–H groups in total. The van der Waals surface area contributed by atoms with Gasteiger partial charge in [0.15, 0.2) is 6.61 Å². The van der Waals surface area contributed by atoms with Crippen molar-refractivity contribution in [2.75, 3.05) is 6.61 Å². The zero-order valence-corrected chi connectivity index (χ0v) is 15.2. The summed E-state index contributed by atoms with van der Waals surface area (Å²) in [6.45, 7) is 0.975. The van der Waals surface area contributed by atoms with Gasteiger partial charge in [-0.25, -0.2) is 9.59 Å². The van der Waals surface area contributed by atoms with E-state index >= 15 is 0 Å². The maximum atomic E-state index is 12.6. The molecule has 2 aromatic rings. The Hall–Kier alpha value is -3.62. The summed E-state index contributed by atoms with van der Waals surface area (Å²) >= 11 is 0. The lowest BCUT2D eigenvalue weighted by atomic mass is 9.93. The Bertz CT molecular complexity index is 881. The SMILES string of the molecule is C[C@]1(CCc2ccccc2)NC(=O)N(NC(=O)COC(=O)c2ccc[nH]2)C1=O. The zero-order valence-electron chi connectivity index (χ0n) is 15.2. The minimum Gasteiger partial charge on any atom is -0.451 e. The summed E-state index contributed by atoms with van der Waals surface area (Å²) < 4.78 is 4.83. The molecule has 1 aromatic heterocycles. The molecule has 0 saturated carbocycles. The number of nitrogens with zero attached hydrogens (tertiary/aromatic N) is 1. The van der Waals surface area contributed by atoms with Crippen LogP contribution in [0.25, 0.3) is 0 Å². The molecule has 1 saturated heterocycles. The summed E-state index contributed by atoms with van der Waals surface area (Å²) in [7, 11) is 0. The number of urea groups is 1. The number of hydrazine groups is 1. The Balaban J connectivity index is 1.54. The van der Waals surface area contributed by atoms with Crippen LogP contribution in [0, 0.1) is 0 Å². The maximum Gasteiger partial charge on any atom is 0.355 e. The average Bonchev–Trinajstić information content (AvgIpc) is 3.29. The molecule has 9 heteroatoms. The van der Waals surface area contributed by atoms with Crippen molar-refractivity contribution in [3.05, 3.63) is 59.9 Å². The minimum atomic E-state index is -1.14. The highest BCUT2D eigenvalue weighted by atomic mass is 16.5. The maximum absolute atomic E-state index is 12.6. The molecule has 1 aromatic carbocycles. The molecule has 3 rings (SSSR count). The van der Waals surface area contributed by atoms with Gasteiger partial charge in [0.25, 0.3) is 11.8 Å². The summed E-state index contributed by atoms with van der Waals surface area (Å²) in [4.78, 5) is 51.1. The molecule has 0 bridgehead atoms. The molecule has 146 valence electrons.